The third-order valence-corrected chi connectivity index (χ3v) is 9.19. The van der Waals surface area contributed by atoms with E-state index in [1.807, 2.05) is 35.6 Å². The lowest BCUT2D eigenvalue weighted by molar-refractivity contribution is -0.156. The molecule has 0 radical (unpaired) electrons. The van der Waals surface area contributed by atoms with E-state index < -0.39 is 0 Å². The Hall–Kier alpha value is -3.36. The highest BCUT2D eigenvalue weighted by Crippen LogP contribution is 2.31. The number of pyridine rings is 1. The van der Waals surface area contributed by atoms with Crippen molar-refractivity contribution in [2.45, 2.75) is 44.9 Å². The van der Waals surface area contributed by atoms with Crippen LogP contribution in [-0.4, -0.2) is 62.0 Å². The number of rotatable bonds is 11. The fourth-order valence-corrected chi connectivity index (χ4v) is 6.75. The maximum atomic E-state index is 12.2. The van der Waals surface area contributed by atoms with Gasteiger partial charge in [-0.25, -0.2) is 4.98 Å². The van der Waals surface area contributed by atoms with Gasteiger partial charge in [0.2, 0.25) is 12.7 Å². The maximum Gasteiger partial charge on any atom is 0.311 e. The van der Waals surface area contributed by atoms with Crippen molar-refractivity contribution in [3.05, 3.63) is 60.0 Å². The zero-order chi connectivity index (χ0) is 27.9. The minimum absolute atomic E-state index is 0.0131. The smallest absolute Gasteiger partial charge is 0.311 e. The summed E-state index contributed by atoms with van der Waals surface area (Å²) in [6.07, 6.45) is 7.37. The number of hydrogen-bond donors (Lipinski definition) is 0. The number of hydrogen-bond acceptors (Lipinski definition) is 8. The lowest BCUT2D eigenvalue weighted by Crippen LogP contribution is -2.46. The molecule has 1 saturated carbocycles. The summed E-state index contributed by atoms with van der Waals surface area (Å²) in [5.74, 6) is 1.11. The highest BCUT2D eigenvalue weighted by Gasteiger charge is 2.22. The van der Waals surface area contributed by atoms with E-state index in [2.05, 4.69) is 44.4 Å². The first-order valence-corrected chi connectivity index (χ1v) is 15.9. The molecule has 0 unspecified atom stereocenters. The third kappa shape index (κ3) is 7.11. The van der Waals surface area contributed by atoms with Gasteiger partial charge in [-0.3, -0.25) is 9.69 Å². The van der Waals surface area contributed by atoms with Gasteiger partial charge in [0, 0.05) is 59.5 Å². The number of esters is 1. The normalized spacial score (nSPS) is 16.7. The topological polar surface area (TPSA) is 64.1 Å². The summed E-state index contributed by atoms with van der Waals surface area (Å²) in [7, 11) is 0. The van der Waals surface area contributed by atoms with E-state index in [9.17, 15) is 4.79 Å². The van der Waals surface area contributed by atoms with Gasteiger partial charge in [-0.1, -0.05) is 25.3 Å². The summed E-state index contributed by atoms with van der Waals surface area (Å²) in [4.78, 5) is 21.9. The first kappa shape index (κ1) is 27.8. The van der Waals surface area contributed by atoms with Gasteiger partial charge in [-0.05, 0) is 74.0 Å². The van der Waals surface area contributed by atoms with Crippen LogP contribution >= 0.6 is 11.3 Å². The molecule has 0 N–H and O–H groups in total. The van der Waals surface area contributed by atoms with Crippen LogP contribution in [0.2, 0.25) is 0 Å². The third-order valence-electron chi connectivity index (χ3n) is 8.31. The molecular weight excluding hydrogens is 534 g/mol. The first-order chi connectivity index (χ1) is 20.2. The molecule has 2 aromatic heterocycles. The van der Waals surface area contributed by atoms with E-state index in [4.69, 9.17) is 14.2 Å². The maximum absolute atomic E-state index is 12.2. The summed E-state index contributed by atoms with van der Waals surface area (Å²) in [5, 5.41) is 4.58. The van der Waals surface area contributed by atoms with Crippen molar-refractivity contribution in [2.24, 2.45) is 5.92 Å². The number of piperazine rings is 1. The second-order valence-corrected chi connectivity index (χ2v) is 12.0. The molecule has 1 saturated heterocycles. The predicted molar refractivity (Wildman–Crippen MR) is 165 cm³/mol. The zero-order valence-electron chi connectivity index (χ0n) is 23.6. The molecule has 1 aliphatic carbocycles. The molecule has 4 aromatic rings. The summed E-state index contributed by atoms with van der Waals surface area (Å²) >= 11 is 1.82. The van der Waals surface area contributed by atoms with Gasteiger partial charge in [0.1, 0.15) is 5.75 Å². The fourth-order valence-electron chi connectivity index (χ4n) is 5.95. The minimum Gasteiger partial charge on any atom is -0.494 e. The van der Waals surface area contributed by atoms with E-state index in [0.29, 0.717) is 12.5 Å². The lowest BCUT2D eigenvalue weighted by Gasteiger charge is -2.36. The van der Waals surface area contributed by atoms with E-state index >= 15 is 0 Å². The quantitative estimate of drug-likeness (QED) is 0.110. The Labute approximate surface area is 246 Å². The van der Waals surface area contributed by atoms with Crippen LogP contribution in [0.4, 0.5) is 5.69 Å². The van der Waals surface area contributed by atoms with Crippen LogP contribution in [0.5, 0.6) is 11.6 Å². The van der Waals surface area contributed by atoms with Crippen LogP contribution in [0, 0.1) is 5.92 Å². The second kappa shape index (κ2) is 13.5. The number of carbonyl (C=O) groups excluding carboxylic acids is 1. The number of anilines is 1. The van der Waals surface area contributed by atoms with Gasteiger partial charge in [-0.15, -0.1) is 11.3 Å². The predicted octanol–water partition coefficient (Wildman–Crippen LogP) is 6.89. The average molecular weight is 574 g/mol. The molecule has 216 valence electrons. The summed E-state index contributed by atoms with van der Waals surface area (Å²) in [6.45, 7) is 6.02. The molecule has 2 fully saturated rings. The highest BCUT2D eigenvalue weighted by molar-refractivity contribution is 7.17. The largest absolute Gasteiger partial charge is 0.494 e. The average Bonchev–Trinajstić information content (AvgIpc) is 3.51. The Morgan fingerprint density at radius 1 is 0.927 bits per heavy atom. The standard InChI is InChI=1S/C33H39N3O4S/c37-33(26-7-2-1-3-8-26)40-24-39-32-14-12-25-11-13-27(23-29(25)34-32)38-21-5-4-16-35-17-19-36(20-18-35)30-9-6-10-31-28(30)15-22-41-31/h6,9-15,22-23,26H,1-5,7-8,16-21,24H2. The number of unbranched alkanes of at least 4 members (excludes halogenated alkanes) is 1. The highest BCUT2D eigenvalue weighted by atomic mass is 32.1. The molecule has 6 rings (SSSR count). The molecule has 7 nitrogen and oxygen atoms in total. The molecule has 3 heterocycles. The summed E-state index contributed by atoms with van der Waals surface area (Å²) in [6, 6.07) is 18.6. The van der Waals surface area contributed by atoms with Crippen molar-refractivity contribution >= 4 is 44.0 Å². The monoisotopic (exact) mass is 573 g/mol. The van der Waals surface area contributed by atoms with Gasteiger partial charge >= 0.3 is 5.97 Å². The number of carbonyl (C=O) groups is 1. The van der Waals surface area contributed by atoms with Crippen molar-refractivity contribution in [3.8, 4) is 11.6 Å². The SMILES string of the molecule is O=C(OCOc1ccc2ccc(OCCCCN3CCN(c4cccc5sccc45)CC3)cc2n1)C1CCCCC1. The summed E-state index contributed by atoms with van der Waals surface area (Å²) < 4.78 is 18.4. The van der Waals surface area contributed by atoms with Crippen LogP contribution in [0.15, 0.2) is 60.0 Å². The molecule has 1 aliphatic heterocycles. The van der Waals surface area contributed by atoms with Gasteiger partial charge in [0.15, 0.2) is 0 Å². The number of aromatic nitrogens is 1. The van der Waals surface area contributed by atoms with E-state index in [0.717, 1.165) is 87.9 Å². The van der Waals surface area contributed by atoms with Crippen molar-refractivity contribution < 1.29 is 19.0 Å². The number of nitrogens with zero attached hydrogens (tertiary/aromatic N) is 3. The van der Waals surface area contributed by atoms with Crippen molar-refractivity contribution in [3.63, 3.8) is 0 Å². The molecule has 0 bridgehead atoms. The van der Waals surface area contributed by atoms with Gasteiger partial charge in [-0.2, -0.15) is 0 Å². The molecule has 41 heavy (non-hydrogen) atoms. The van der Waals surface area contributed by atoms with Crippen molar-refractivity contribution in [2.75, 3.05) is 51.0 Å². The Morgan fingerprint density at radius 3 is 2.66 bits per heavy atom. The first-order valence-electron chi connectivity index (χ1n) is 15.0. The van der Waals surface area contributed by atoms with Crippen LogP contribution in [0.3, 0.4) is 0 Å². The van der Waals surface area contributed by atoms with Gasteiger partial charge in [0.05, 0.1) is 18.0 Å². The molecule has 2 aliphatic rings. The molecule has 8 heteroatoms. The van der Waals surface area contributed by atoms with Crippen molar-refractivity contribution in [1.29, 1.82) is 0 Å². The second-order valence-electron chi connectivity index (χ2n) is 11.1. The Bertz CT molecular complexity index is 1440. The van der Waals surface area contributed by atoms with Crippen LogP contribution in [-0.2, 0) is 9.53 Å². The van der Waals surface area contributed by atoms with Crippen molar-refractivity contribution in [1.82, 2.24) is 9.88 Å². The van der Waals surface area contributed by atoms with Crippen LogP contribution in [0.1, 0.15) is 44.9 Å². The van der Waals surface area contributed by atoms with Crippen LogP contribution < -0.4 is 14.4 Å². The molecule has 0 amide bonds. The lowest BCUT2D eigenvalue weighted by atomic mass is 9.89. The molecule has 0 spiro atoms. The number of fused-ring (bicyclic) bond motifs is 2. The number of ether oxygens (including phenoxy) is 3. The Morgan fingerprint density at radius 2 is 1.78 bits per heavy atom. The van der Waals surface area contributed by atoms with E-state index in [1.165, 1.54) is 22.2 Å². The molecule has 0 atom stereocenters. The molecule has 2 aromatic carbocycles. The Balaban J connectivity index is 0.906. The fraction of sp³-hybridized carbons (Fsp3) is 0.455. The Kier molecular flexibility index (Phi) is 9.17. The summed E-state index contributed by atoms with van der Waals surface area (Å²) in [5.41, 5.74) is 2.17. The van der Waals surface area contributed by atoms with Gasteiger partial charge in [0.25, 0.3) is 0 Å². The zero-order valence-corrected chi connectivity index (χ0v) is 24.4. The van der Waals surface area contributed by atoms with Gasteiger partial charge < -0.3 is 19.1 Å². The van der Waals surface area contributed by atoms with E-state index in [1.54, 1.807) is 6.07 Å². The molecular formula is C33H39N3O4S. The van der Waals surface area contributed by atoms with Crippen LogP contribution in [0.25, 0.3) is 21.0 Å². The number of benzene rings is 2. The minimum atomic E-state index is -0.157. The number of thiophene rings is 1. The van der Waals surface area contributed by atoms with E-state index in [-0.39, 0.29) is 18.7 Å².